The molecule has 2 aromatic heterocycles. The first-order chi connectivity index (χ1) is 9.65. The summed E-state index contributed by atoms with van der Waals surface area (Å²) >= 11 is 3.43. The molecule has 1 saturated heterocycles. The van der Waals surface area contributed by atoms with E-state index in [-0.39, 0.29) is 6.10 Å². The summed E-state index contributed by atoms with van der Waals surface area (Å²) in [6.45, 7) is 3.78. The first-order valence-electron chi connectivity index (χ1n) is 6.98. The molecule has 0 amide bonds. The standard InChI is InChI=1S/C15H18BrN3O/c1-10(20)11-3-2-6-19(9-11)14-4-5-17-13-7-12(16)8-18-15(13)14/h4-5,7-8,10-11,20H,2-3,6,9H2,1H3/t10-,11-/m1/s1. The van der Waals surface area contributed by atoms with Gasteiger partial charge in [0.25, 0.3) is 0 Å². The Labute approximate surface area is 127 Å². The summed E-state index contributed by atoms with van der Waals surface area (Å²) in [5.74, 6) is 0.336. The van der Waals surface area contributed by atoms with Gasteiger partial charge in [0.1, 0.15) is 5.52 Å². The summed E-state index contributed by atoms with van der Waals surface area (Å²) in [5, 5.41) is 9.83. The molecule has 0 spiro atoms. The molecule has 0 saturated carbocycles. The number of nitrogens with zero attached hydrogens (tertiary/aromatic N) is 3. The molecule has 4 nitrogen and oxygen atoms in total. The van der Waals surface area contributed by atoms with Crippen LogP contribution >= 0.6 is 15.9 Å². The zero-order chi connectivity index (χ0) is 14.1. The highest BCUT2D eigenvalue weighted by molar-refractivity contribution is 9.10. The second kappa shape index (κ2) is 5.66. The Bertz CT molecular complexity index is 617. The van der Waals surface area contributed by atoms with Crippen LogP contribution in [0.15, 0.2) is 29.0 Å². The smallest absolute Gasteiger partial charge is 0.112 e. The Balaban J connectivity index is 1.97. The zero-order valence-electron chi connectivity index (χ0n) is 11.5. The minimum Gasteiger partial charge on any atom is -0.393 e. The average molecular weight is 336 g/mol. The van der Waals surface area contributed by atoms with Crippen molar-refractivity contribution in [2.24, 2.45) is 5.92 Å². The molecule has 0 aliphatic carbocycles. The van der Waals surface area contributed by atoms with Crippen LogP contribution in [0.5, 0.6) is 0 Å². The minimum atomic E-state index is -0.256. The first-order valence-corrected chi connectivity index (χ1v) is 7.78. The van der Waals surface area contributed by atoms with Gasteiger partial charge < -0.3 is 10.0 Å². The lowest BCUT2D eigenvalue weighted by Gasteiger charge is -2.35. The first kappa shape index (κ1) is 13.8. The summed E-state index contributed by atoms with van der Waals surface area (Å²) in [5.41, 5.74) is 2.95. The summed E-state index contributed by atoms with van der Waals surface area (Å²) in [4.78, 5) is 11.2. The number of piperidine rings is 1. The molecule has 106 valence electrons. The van der Waals surface area contributed by atoms with E-state index in [0.717, 1.165) is 47.1 Å². The van der Waals surface area contributed by atoms with Crippen LogP contribution in [-0.2, 0) is 0 Å². The summed E-state index contributed by atoms with van der Waals surface area (Å²) < 4.78 is 0.940. The number of halogens is 1. The number of fused-ring (bicyclic) bond motifs is 1. The molecule has 2 aromatic rings. The molecule has 5 heteroatoms. The van der Waals surface area contributed by atoms with Crippen LogP contribution in [0.1, 0.15) is 19.8 Å². The second-order valence-electron chi connectivity index (χ2n) is 5.44. The van der Waals surface area contributed by atoms with Gasteiger partial charge >= 0.3 is 0 Å². The van der Waals surface area contributed by atoms with Crippen molar-refractivity contribution in [3.63, 3.8) is 0 Å². The molecule has 0 unspecified atom stereocenters. The number of aliphatic hydroxyl groups excluding tert-OH is 1. The SMILES string of the molecule is C[C@@H](O)[C@@H]1CCCN(c2ccnc3cc(Br)cnc23)C1. The van der Waals surface area contributed by atoms with Gasteiger partial charge in [0, 0.05) is 35.9 Å². The van der Waals surface area contributed by atoms with E-state index in [1.165, 1.54) is 0 Å². The van der Waals surface area contributed by atoms with Gasteiger partial charge in [-0.3, -0.25) is 9.97 Å². The van der Waals surface area contributed by atoms with E-state index in [9.17, 15) is 5.11 Å². The second-order valence-corrected chi connectivity index (χ2v) is 6.36. The molecular weight excluding hydrogens is 318 g/mol. The maximum atomic E-state index is 9.83. The number of aromatic nitrogens is 2. The third-order valence-corrected chi connectivity index (χ3v) is 4.44. The van der Waals surface area contributed by atoms with Crippen molar-refractivity contribution < 1.29 is 5.11 Å². The van der Waals surface area contributed by atoms with Crippen molar-refractivity contribution in [2.45, 2.75) is 25.9 Å². The third-order valence-electron chi connectivity index (χ3n) is 4.00. The molecule has 0 radical (unpaired) electrons. The molecule has 1 N–H and O–H groups in total. The summed E-state index contributed by atoms with van der Waals surface area (Å²) in [6.07, 6.45) is 5.58. The van der Waals surface area contributed by atoms with E-state index in [1.807, 2.05) is 31.5 Å². The van der Waals surface area contributed by atoms with E-state index in [2.05, 4.69) is 30.8 Å². The number of hydrogen-bond acceptors (Lipinski definition) is 4. The van der Waals surface area contributed by atoms with Gasteiger partial charge in [-0.05, 0) is 47.8 Å². The van der Waals surface area contributed by atoms with Gasteiger partial charge in [-0.2, -0.15) is 0 Å². The monoisotopic (exact) mass is 335 g/mol. The molecule has 2 atom stereocenters. The van der Waals surface area contributed by atoms with Crippen molar-refractivity contribution >= 4 is 32.7 Å². The van der Waals surface area contributed by atoms with Gasteiger partial charge in [0.15, 0.2) is 0 Å². The van der Waals surface area contributed by atoms with Gasteiger partial charge in [0.2, 0.25) is 0 Å². The number of pyridine rings is 2. The van der Waals surface area contributed by atoms with Crippen LogP contribution in [0.25, 0.3) is 11.0 Å². The number of aliphatic hydroxyl groups is 1. The van der Waals surface area contributed by atoms with Gasteiger partial charge in [-0.1, -0.05) is 0 Å². The lowest BCUT2D eigenvalue weighted by Crippen LogP contribution is -2.39. The molecular formula is C15H18BrN3O. The average Bonchev–Trinajstić information content (AvgIpc) is 2.46. The number of rotatable bonds is 2. The van der Waals surface area contributed by atoms with Crippen molar-refractivity contribution in [1.29, 1.82) is 0 Å². The van der Waals surface area contributed by atoms with Crippen molar-refractivity contribution in [3.8, 4) is 0 Å². The highest BCUT2D eigenvalue weighted by atomic mass is 79.9. The summed E-state index contributed by atoms with van der Waals surface area (Å²) in [6, 6.07) is 4.01. The third kappa shape index (κ3) is 2.65. The lowest BCUT2D eigenvalue weighted by atomic mass is 9.93. The topological polar surface area (TPSA) is 49.2 Å². The number of anilines is 1. The van der Waals surface area contributed by atoms with E-state index >= 15 is 0 Å². The molecule has 1 aliphatic heterocycles. The maximum Gasteiger partial charge on any atom is 0.112 e. The van der Waals surface area contributed by atoms with E-state index in [0.29, 0.717) is 5.92 Å². The van der Waals surface area contributed by atoms with Crippen LogP contribution in [0, 0.1) is 5.92 Å². The van der Waals surface area contributed by atoms with Crippen LogP contribution in [0.2, 0.25) is 0 Å². The summed E-state index contributed by atoms with van der Waals surface area (Å²) in [7, 11) is 0. The van der Waals surface area contributed by atoms with Crippen LogP contribution in [0.4, 0.5) is 5.69 Å². The van der Waals surface area contributed by atoms with Gasteiger partial charge in [0.05, 0.1) is 17.3 Å². The van der Waals surface area contributed by atoms with E-state index in [1.54, 1.807) is 0 Å². The molecule has 0 bridgehead atoms. The molecule has 3 heterocycles. The van der Waals surface area contributed by atoms with Gasteiger partial charge in [-0.15, -0.1) is 0 Å². The molecule has 20 heavy (non-hydrogen) atoms. The fourth-order valence-corrected chi connectivity index (χ4v) is 3.19. The molecule has 0 aromatic carbocycles. The van der Waals surface area contributed by atoms with Crippen LogP contribution in [-0.4, -0.2) is 34.3 Å². The van der Waals surface area contributed by atoms with Crippen molar-refractivity contribution in [2.75, 3.05) is 18.0 Å². The Hall–Kier alpha value is -1.20. The maximum absolute atomic E-state index is 9.83. The van der Waals surface area contributed by atoms with Crippen LogP contribution < -0.4 is 4.90 Å². The Morgan fingerprint density at radius 2 is 2.30 bits per heavy atom. The lowest BCUT2D eigenvalue weighted by molar-refractivity contribution is 0.115. The minimum absolute atomic E-state index is 0.256. The van der Waals surface area contributed by atoms with Crippen molar-refractivity contribution in [3.05, 3.63) is 29.0 Å². The largest absolute Gasteiger partial charge is 0.393 e. The fourth-order valence-electron chi connectivity index (χ4n) is 2.87. The zero-order valence-corrected chi connectivity index (χ0v) is 13.0. The van der Waals surface area contributed by atoms with E-state index in [4.69, 9.17) is 0 Å². The Morgan fingerprint density at radius 1 is 1.45 bits per heavy atom. The normalized spacial score (nSPS) is 21.1. The highest BCUT2D eigenvalue weighted by Gasteiger charge is 2.24. The predicted molar refractivity (Wildman–Crippen MR) is 83.9 cm³/mol. The molecule has 3 rings (SSSR count). The quantitative estimate of drug-likeness (QED) is 0.916. The van der Waals surface area contributed by atoms with Gasteiger partial charge in [-0.25, -0.2) is 0 Å². The van der Waals surface area contributed by atoms with Crippen LogP contribution in [0.3, 0.4) is 0 Å². The Morgan fingerprint density at radius 3 is 3.10 bits per heavy atom. The number of hydrogen-bond donors (Lipinski definition) is 1. The van der Waals surface area contributed by atoms with E-state index < -0.39 is 0 Å². The predicted octanol–water partition coefficient (Wildman–Crippen LogP) is 2.99. The Kier molecular flexibility index (Phi) is 3.89. The molecule has 1 fully saturated rings. The van der Waals surface area contributed by atoms with Crippen molar-refractivity contribution in [1.82, 2.24) is 9.97 Å². The fraction of sp³-hybridized carbons (Fsp3) is 0.467. The highest BCUT2D eigenvalue weighted by Crippen LogP contribution is 2.30. The molecule has 1 aliphatic rings.